The van der Waals surface area contributed by atoms with Gasteiger partial charge in [-0.1, -0.05) is 12.8 Å². The fourth-order valence-corrected chi connectivity index (χ4v) is 2.92. The average molecular weight is 259 g/mol. The van der Waals surface area contributed by atoms with Gasteiger partial charge in [0.25, 0.3) is 0 Å². The summed E-state index contributed by atoms with van der Waals surface area (Å²) in [5.74, 6) is 0.982. The van der Waals surface area contributed by atoms with Crippen molar-refractivity contribution in [2.24, 2.45) is 7.05 Å². The Labute approximate surface area is 113 Å². The van der Waals surface area contributed by atoms with E-state index in [0.29, 0.717) is 6.04 Å². The molecule has 1 N–H and O–H groups in total. The van der Waals surface area contributed by atoms with Crippen molar-refractivity contribution in [1.82, 2.24) is 19.3 Å². The van der Waals surface area contributed by atoms with Crippen molar-refractivity contribution < 1.29 is 0 Å². The van der Waals surface area contributed by atoms with Gasteiger partial charge in [-0.2, -0.15) is 5.10 Å². The quantitative estimate of drug-likeness (QED) is 0.918. The predicted molar refractivity (Wildman–Crippen MR) is 75.0 cm³/mol. The van der Waals surface area contributed by atoms with E-state index in [4.69, 9.17) is 0 Å². The van der Waals surface area contributed by atoms with Gasteiger partial charge in [0.15, 0.2) is 0 Å². The van der Waals surface area contributed by atoms with Crippen LogP contribution < -0.4 is 5.32 Å². The van der Waals surface area contributed by atoms with Crippen LogP contribution in [0.2, 0.25) is 0 Å². The largest absolute Gasteiger partial charge is 0.351 e. The lowest BCUT2D eigenvalue weighted by Gasteiger charge is -2.15. The highest BCUT2D eigenvalue weighted by Gasteiger charge is 2.19. The first-order valence-corrected chi connectivity index (χ1v) is 7.00. The first-order valence-electron chi connectivity index (χ1n) is 7.00. The monoisotopic (exact) mass is 259 g/mol. The van der Waals surface area contributed by atoms with Crippen molar-refractivity contribution in [2.75, 3.05) is 5.32 Å². The molecule has 0 saturated heterocycles. The van der Waals surface area contributed by atoms with Gasteiger partial charge in [-0.3, -0.25) is 4.68 Å². The summed E-state index contributed by atoms with van der Waals surface area (Å²) in [6, 6.07) is 0.625. The Morgan fingerprint density at radius 3 is 2.84 bits per heavy atom. The third-order valence-corrected chi connectivity index (χ3v) is 3.94. The van der Waals surface area contributed by atoms with E-state index in [-0.39, 0.29) is 0 Å². The Hall–Kier alpha value is -1.78. The third-order valence-electron chi connectivity index (χ3n) is 3.94. The van der Waals surface area contributed by atoms with Crippen molar-refractivity contribution in [2.45, 2.75) is 45.2 Å². The zero-order chi connectivity index (χ0) is 13.2. The highest BCUT2D eigenvalue weighted by molar-refractivity contribution is 5.30. The van der Waals surface area contributed by atoms with Crippen molar-refractivity contribution >= 4 is 5.95 Å². The maximum atomic E-state index is 4.44. The lowest BCUT2D eigenvalue weighted by atomic mass is 10.2. The molecule has 19 heavy (non-hydrogen) atoms. The van der Waals surface area contributed by atoms with E-state index in [1.807, 2.05) is 24.9 Å². The molecule has 3 rings (SSSR count). The molecular weight excluding hydrogens is 238 g/mol. The van der Waals surface area contributed by atoms with Gasteiger partial charge < -0.3 is 9.88 Å². The van der Waals surface area contributed by atoms with E-state index in [9.17, 15) is 0 Å². The standard InChI is InChI=1S/C14H21N5/c1-11-12(10-18(2)17-11)9-16-14-15-7-8-19(14)13-5-3-4-6-13/h7-8,10,13H,3-6,9H2,1-2H3,(H,15,16). The van der Waals surface area contributed by atoms with Crippen LogP contribution in [0.1, 0.15) is 43.0 Å². The summed E-state index contributed by atoms with van der Waals surface area (Å²) < 4.78 is 4.15. The van der Waals surface area contributed by atoms with Gasteiger partial charge in [0, 0.05) is 43.8 Å². The van der Waals surface area contributed by atoms with Gasteiger partial charge in [0.1, 0.15) is 0 Å². The first-order chi connectivity index (χ1) is 9.24. The Morgan fingerprint density at radius 1 is 1.37 bits per heavy atom. The molecule has 2 aromatic rings. The molecule has 0 radical (unpaired) electrons. The van der Waals surface area contributed by atoms with Crippen LogP contribution in [-0.4, -0.2) is 19.3 Å². The van der Waals surface area contributed by atoms with Gasteiger partial charge in [-0.05, 0) is 19.8 Å². The summed E-state index contributed by atoms with van der Waals surface area (Å²) in [6.07, 6.45) is 11.3. The summed E-state index contributed by atoms with van der Waals surface area (Å²) in [7, 11) is 1.95. The number of nitrogens with one attached hydrogen (secondary N) is 1. The molecule has 5 nitrogen and oxygen atoms in total. The lowest BCUT2D eigenvalue weighted by Crippen LogP contribution is -2.10. The van der Waals surface area contributed by atoms with Gasteiger partial charge in [-0.25, -0.2) is 4.98 Å². The summed E-state index contributed by atoms with van der Waals surface area (Å²) in [4.78, 5) is 4.44. The number of anilines is 1. The zero-order valence-electron chi connectivity index (χ0n) is 11.6. The van der Waals surface area contributed by atoms with Crippen molar-refractivity contribution in [3.63, 3.8) is 0 Å². The average Bonchev–Trinajstić information content (AvgIpc) is 3.07. The van der Waals surface area contributed by atoms with Gasteiger partial charge in [-0.15, -0.1) is 0 Å². The Balaban J connectivity index is 1.70. The smallest absolute Gasteiger partial charge is 0.203 e. The van der Waals surface area contributed by atoms with Gasteiger partial charge in [0.2, 0.25) is 5.95 Å². The number of aryl methyl sites for hydroxylation is 2. The normalized spacial score (nSPS) is 16.1. The number of nitrogens with zero attached hydrogens (tertiary/aromatic N) is 4. The lowest BCUT2D eigenvalue weighted by molar-refractivity contribution is 0.523. The number of aromatic nitrogens is 4. The minimum absolute atomic E-state index is 0.625. The van der Waals surface area contributed by atoms with E-state index in [1.165, 1.54) is 31.2 Å². The Morgan fingerprint density at radius 2 is 2.16 bits per heavy atom. The second kappa shape index (κ2) is 5.07. The molecule has 0 atom stereocenters. The minimum atomic E-state index is 0.625. The highest BCUT2D eigenvalue weighted by Crippen LogP contribution is 2.31. The second-order valence-corrected chi connectivity index (χ2v) is 5.36. The van der Waals surface area contributed by atoms with E-state index >= 15 is 0 Å². The maximum Gasteiger partial charge on any atom is 0.203 e. The van der Waals surface area contributed by atoms with E-state index in [2.05, 4.69) is 32.4 Å². The fourth-order valence-electron chi connectivity index (χ4n) is 2.92. The first kappa shape index (κ1) is 12.3. The second-order valence-electron chi connectivity index (χ2n) is 5.36. The van der Waals surface area contributed by atoms with Crippen molar-refractivity contribution in [3.8, 4) is 0 Å². The van der Waals surface area contributed by atoms with E-state index in [1.54, 1.807) is 0 Å². The van der Waals surface area contributed by atoms with Crippen LogP contribution in [-0.2, 0) is 13.6 Å². The molecule has 2 heterocycles. The zero-order valence-corrected chi connectivity index (χ0v) is 11.6. The van der Waals surface area contributed by atoms with Crippen LogP contribution in [0.5, 0.6) is 0 Å². The van der Waals surface area contributed by atoms with Gasteiger partial charge in [0.05, 0.1) is 5.69 Å². The molecule has 0 bridgehead atoms. The summed E-state index contributed by atoms with van der Waals surface area (Å²) in [5, 5.41) is 7.80. The van der Waals surface area contributed by atoms with Crippen LogP contribution >= 0.6 is 0 Å². The number of imidazole rings is 1. The molecule has 0 spiro atoms. The molecule has 2 aromatic heterocycles. The maximum absolute atomic E-state index is 4.44. The van der Waals surface area contributed by atoms with Crippen LogP contribution in [0.25, 0.3) is 0 Å². The molecule has 5 heteroatoms. The van der Waals surface area contributed by atoms with Gasteiger partial charge >= 0.3 is 0 Å². The number of rotatable bonds is 4. The van der Waals surface area contributed by atoms with Crippen LogP contribution in [0.3, 0.4) is 0 Å². The molecule has 0 aromatic carbocycles. The summed E-state index contributed by atoms with van der Waals surface area (Å²) >= 11 is 0. The van der Waals surface area contributed by atoms with E-state index in [0.717, 1.165) is 18.2 Å². The Kier molecular flexibility index (Phi) is 3.27. The molecule has 1 saturated carbocycles. The molecule has 1 aliphatic carbocycles. The third kappa shape index (κ3) is 2.50. The van der Waals surface area contributed by atoms with Crippen LogP contribution in [0.15, 0.2) is 18.6 Å². The van der Waals surface area contributed by atoms with Crippen LogP contribution in [0.4, 0.5) is 5.95 Å². The molecule has 0 amide bonds. The van der Waals surface area contributed by atoms with Crippen molar-refractivity contribution in [1.29, 1.82) is 0 Å². The highest BCUT2D eigenvalue weighted by atomic mass is 15.3. The SMILES string of the molecule is Cc1nn(C)cc1CNc1nccn1C1CCCC1. The predicted octanol–water partition coefficient (Wildman–Crippen LogP) is 2.65. The number of hydrogen-bond acceptors (Lipinski definition) is 3. The molecule has 0 unspecified atom stereocenters. The minimum Gasteiger partial charge on any atom is -0.351 e. The molecular formula is C14H21N5. The summed E-state index contributed by atoms with van der Waals surface area (Å²) in [6.45, 7) is 2.82. The molecule has 1 aliphatic rings. The molecule has 102 valence electrons. The Bertz CT molecular complexity index is 548. The van der Waals surface area contributed by atoms with Crippen molar-refractivity contribution in [3.05, 3.63) is 29.8 Å². The van der Waals surface area contributed by atoms with Crippen LogP contribution in [0, 0.1) is 6.92 Å². The number of hydrogen-bond donors (Lipinski definition) is 1. The van der Waals surface area contributed by atoms with E-state index < -0.39 is 0 Å². The molecule has 1 fully saturated rings. The topological polar surface area (TPSA) is 47.7 Å². The molecule has 0 aliphatic heterocycles. The summed E-state index contributed by atoms with van der Waals surface area (Å²) in [5.41, 5.74) is 2.30. The fraction of sp³-hybridized carbons (Fsp3) is 0.571.